The molecule has 7 heteroatoms. The van der Waals surface area contributed by atoms with Crippen LogP contribution in [0.15, 0.2) is 48.5 Å². The fourth-order valence-corrected chi connectivity index (χ4v) is 2.06. The summed E-state index contributed by atoms with van der Waals surface area (Å²) in [5.41, 5.74) is 0.967. The smallest absolute Gasteiger partial charge is 0.332 e. The second-order valence-corrected chi connectivity index (χ2v) is 5.20. The van der Waals surface area contributed by atoms with Gasteiger partial charge in [-0.15, -0.1) is 0 Å². The number of halogens is 3. The van der Waals surface area contributed by atoms with E-state index in [1.807, 2.05) is 0 Å². The highest BCUT2D eigenvalue weighted by Gasteiger charge is 2.29. The number of carbonyl (C=O) groups is 1. The van der Waals surface area contributed by atoms with E-state index in [0.717, 1.165) is 12.1 Å². The van der Waals surface area contributed by atoms with E-state index in [1.165, 1.54) is 19.1 Å². The molecule has 2 rings (SSSR count). The summed E-state index contributed by atoms with van der Waals surface area (Å²) < 4.78 is 37.4. The van der Waals surface area contributed by atoms with Crippen molar-refractivity contribution in [2.45, 2.75) is 13.1 Å². The van der Waals surface area contributed by atoms with Crippen molar-refractivity contribution in [1.82, 2.24) is 0 Å². The van der Waals surface area contributed by atoms with Crippen molar-refractivity contribution >= 4 is 34.5 Å². The largest absolute Gasteiger partial charge is 0.416 e. The molecule has 0 unspecified atom stereocenters. The average Bonchev–Trinajstić information content (AvgIpc) is 2.47. The number of nitrogens with one attached hydrogen (secondary N) is 2. The Morgan fingerprint density at radius 2 is 1.35 bits per heavy atom. The van der Waals surface area contributed by atoms with Crippen LogP contribution in [0.5, 0.6) is 0 Å². The minimum Gasteiger partial charge on any atom is -0.332 e. The van der Waals surface area contributed by atoms with Gasteiger partial charge in [0.2, 0.25) is 0 Å². The van der Waals surface area contributed by atoms with Crippen LogP contribution in [0, 0.1) is 0 Å². The van der Waals surface area contributed by atoms with E-state index in [2.05, 4.69) is 10.6 Å². The molecule has 0 saturated carbocycles. The fourth-order valence-electron chi connectivity index (χ4n) is 1.82. The zero-order chi connectivity index (χ0) is 17.0. The maximum Gasteiger partial charge on any atom is 0.416 e. The van der Waals surface area contributed by atoms with E-state index >= 15 is 0 Å². The highest BCUT2D eigenvalue weighted by molar-refractivity contribution is 7.80. The van der Waals surface area contributed by atoms with Crippen LogP contribution >= 0.6 is 12.2 Å². The molecule has 0 saturated heterocycles. The fraction of sp³-hybridized carbons (Fsp3) is 0.125. The van der Waals surface area contributed by atoms with Crippen molar-refractivity contribution in [3.8, 4) is 0 Å². The lowest BCUT2D eigenvalue weighted by Gasteiger charge is -2.12. The van der Waals surface area contributed by atoms with Crippen molar-refractivity contribution in [2.75, 3.05) is 10.6 Å². The first-order valence-electron chi connectivity index (χ1n) is 6.62. The Balaban J connectivity index is 1.98. The van der Waals surface area contributed by atoms with Crippen LogP contribution in [0.1, 0.15) is 22.8 Å². The zero-order valence-corrected chi connectivity index (χ0v) is 12.9. The minimum absolute atomic E-state index is 0.0398. The third-order valence-corrected chi connectivity index (χ3v) is 3.22. The number of alkyl halides is 3. The molecule has 0 radical (unpaired) electrons. The van der Waals surface area contributed by atoms with E-state index < -0.39 is 11.7 Å². The van der Waals surface area contributed by atoms with Gasteiger partial charge >= 0.3 is 6.18 Å². The summed E-state index contributed by atoms with van der Waals surface area (Å²) in [7, 11) is 0. The summed E-state index contributed by atoms with van der Waals surface area (Å²) in [4.78, 5) is 11.2. The molecule has 0 spiro atoms. The second-order valence-electron chi connectivity index (χ2n) is 4.79. The molecule has 23 heavy (non-hydrogen) atoms. The molecule has 0 aliphatic carbocycles. The Bertz CT molecular complexity index is 710. The molecule has 0 bridgehead atoms. The minimum atomic E-state index is -4.37. The van der Waals surface area contributed by atoms with Crippen LogP contribution < -0.4 is 10.6 Å². The summed E-state index contributed by atoms with van der Waals surface area (Å²) in [6.07, 6.45) is -4.37. The number of Topliss-reactive ketones (excluding diaryl/α,β-unsaturated/α-hetero) is 1. The van der Waals surface area contributed by atoms with Gasteiger partial charge in [-0.25, -0.2) is 0 Å². The first kappa shape index (κ1) is 17.0. The summed E-state index contributed by atoms with van der Waals surface area (Å²) in [6, 6.07) is 11.3. The van der Waals surface area contributed by atoms with E-state index in [0.29, 0.717) is 16.9 Å². The van der Waals surface area contributed by atoms with Gasteiger partial charge in [-0.05, 0) is 67.7 Å². The van der Waals surface area contributed by atoms with Gasteiger partial charge in [-0.3, -0.25) is 4.79 Å². The summed E-state index contributed by atoms with van der Waals surface area (Å²) >= 11 is 5.10. The maximum atomic E-state index is 12.5. The quantitative estimate of drug-likeness (QED) is 0.628. The molecule has 0 atom stereocenters. The number of ketones is 1. The molecule has 0 fully saturated rings. The molecule has 2 aromatic rings. The summed E-state index contributed by atoms with van der Waals surface area (Å²) in [5, 5.41) is 5.92. The molecule has 0 aliphatic heterocycles. The number of anilines is 2. The third-order valence-electron chi connectivity index (χ3n) is 3.02. The van der Waals surface area contributed by atoms with Crippen LogP contribution in [-0.4, -0.2) is 10.9 Å². The van der Waals surface area contributed by atoms with Gasteiger partial charge in [-0.2, -0.15) is 13.2 Å². The normalized spacial score (nSPS) is 11.0. The predicted molar refractivity (Wildman–Crippen MR) is 87.7 cm³/mol. The van der Waals surface area contributed by atoms with Crippen molar-refractivity contribution in [3.63, 3.8) is 0 Å². The topological polar surface area (TPSA) is 41.1 Å². The zero-order valence-electron chi connectivity index (χ0n) is 12.1. The lowest BCUT2D eigenvalue weighted by atomic mass is 10.1. The van der Waals surface area contributed by atoms with E-state index in [9.17, 15) is 18.0 Å². The Morgan fingerprint density at radius 3 is 1.74 bits per heavy atom. The molecular weight excluding hydrogens is 325 g/mol. The van der Waals surface area contributed by atoms with Gasteiger partial charge in [0, 0.05) is 16.9 Å². The standard InChI is InChI=1S/C16H13F3N2OS/c1-10(22)11-2-6-13(7-3-11)20-15(23)21-14-8-4-12(5-9-14)16(17,18)19/h2-9H,1H3,(H2,20,21,23). The van der Waals surface area contributed by atoms with Crippen molar-refractivity contribution in [3.05, 3.63) is 59.7 Å². The van der Waals surface area contributed by atoms with E-state index in [-0.39, 0.29) is 10.9 Å². The van der Waals surface area contributed by atoms with E-state index in [1.54, 1.807) is 24.3 Å². The SMILES string of the molecule is CC(=O)c1ccc(NC(=S)Nc2ccc(C(F)(F)F)cc2)cc1. The molecular formula is C16H13F3N2OS. The highest BCUT2D eigenvalue weighted by atomic mass is 32.1. The van der Waals surface area contributed by atoms with Crippen LogP contribution in [-0.2, 0) is 6.18 Å². The number of hydrogen-bond acceptors (Lipinski definition) is 2. The Labute approximate surface area is 136 Å². The van der Waals surface area contributed by atoms with Gasteiger partial charge in [0.1, 0.15) is 0 Å². The van der Waals surface area contributed by atoms with Crippen LogP contribution in [0.25, 0.3) is 0 Å². The average molecular weight is 338 g/mol. The van der Waals surface area contributed by atoms with Crippen molar-refractivity contribution < 1.29 is 18.0 Å². The van der Waals surface area contributed by atoms with E-state index in [4.69, 9.17) is 12.2 Å². The second kappa shape index (κ2) is 6.78. The summed E-state index contributed by atoms with van der Waals surface area (Å²) in [6.45, 7) is 1.47. The van der Waals surface area contributed by atoms with Crippen molar-refractivity contribution in [1.29, 1.82) is 0 Å². The van der Waals surface area contributed by atoms with Gasteiger partial charge in [0.05, 0.1) is 5.56 Å². The number of rotatable bonds is 3. The monoisotopic (exact) mass is 338 g/mol. The molecule has 0 aromatic heterocycles. The van der Waals surface area contributed by atoms with Crippen LogP contribution in [0.4, 0.5) is 24.5 Å². The Hall–Kier alpha value is -2.41. The first-order valence-corrected chi connectivity index (χ1v) is 7.03. The lowest BCUT2D eigenvalue weighted by molar-refractivity contribution is -0.137. The number of thiocarbonyl (C=S) groups is 1. The Morgan fingerprint density at radius 1 is 0.913 bits per heavy atom. The highest BCUT2D eigenvalue weighted by Crippen LogP contribution is 2.29. The molecule has 0 heterocycles. The van der Waals surface area contributed by atoms with Gasteiger partial charge in [0.25, 0.3) is 0 Å². The summed E-state index contributed by atoms with van der Waals surface area (Å²) in [5.74, 6) is -0.0398. The van der Waals surface area contributed by atoms with Gasteiger partial charge < -0.3 is 10.6 Å². The molecule has 0 aliphatic rings. The van der Waals surface area contributed by atoms with Crippen LogP contribution in [0.2, 0.25) is 0 Å². The first-order chi connectivity index (χ1) is 10.8. The Kier molecular flexibility index (Phi) is 5.00. The molecule has 3 nitrogen and oxygen atoms in total. The number of hydrogen-bond donors (Lipinski definition) is 2. The molecule has 0 amide bonds. The molecule has 120 valence electrons. The molecule has 2 aromatic carbocycles. The maximum absolute atomic E-state index is 12.5. The number of benzene rings is 2. The predicted octanol–water partition coefficient (Wildman–Crippen LogP) is 4.72. The van der Waals surface area contributed by atoms with Crippen LogP contribution in [0.3, 0.4) is 0 Å². The third kappa shape index (κ3) is 4.79. The lowest BCUT2D eigenvalue weighted by Crippen LogP contribution is -2.19. The van der Waals surface area contributed by atoms with Gasteiger partial charge in [-0.1, -0.05) is 0 Å². The van der Waals surface area contributed by atoms with Crippen molar-refractivity contribution in [2.24, 2.45) is 0 Å². The molecule has 2 N–H and O–H groups in total. The number of carbonyl (C=O) groups excluding carboxylic acids is 1. The van der Waals surface area contributed by atoms with Gasteiger partial charge in [0.15, 0.2) is 10.9 Å².